The average Bonchev–Trinajstić information content (AvgIpc) is 3.52. The van der Waals surface area contributed by atoms with Crippen LogP contribution in [-0.2, 0) is 4.79 Å². The molecule has 0 fully saturated rings. The molecule has 3 N–H and O–H groups in total. The van der Waals surface area contributed by atoms with Gasteiger partial charge in [0, 0.05) is 47.1 Å². The predicted molar refractivity (Wildman–Crippen MR) is 144 cm³/mol. The van der Waals surface area contributed by atoms with Gasteiger partial charge in [-0.05, 0) is 30.2 Å². The summed E-state index contributed by atoms with van der Waals surface area (Å²) in [5.74, 6) is 0.894. The van der Waals surface area contributed by atoms with E-state index >= 15 is 0 Å². The summed E-state index contributed by atoms with van der Waals surface area (Å²) in [7, 11) is 0. The van der Waals surface area contributed by atoms with E-state index in [4.69, 9.17) is 4.98 Å². The number of hydrogen-bond donors (Lipinski definition) is 3. The fraction of sp³-hybridized carbons (Fsp3) is 0.143. The number of amides is 1. The van der Waals surface area contributed by atoms with Gasteiger partial charge in [0.15, 0.2) is 5.82 Å². The maximum Gasteiger partial charge on any atom is 0.224 e. The third-order valence-corrected chi connectivity index (χ3v) is 6.07. The number of H-pyrrole nitrogens is 2. The number of carbonyl (C=O) groups excluding carboxylic acids is 1. The van der Waals surface area contributed by atoms with Crippen molar-refractivity contribution < 1.29 is 4.79 Å². The number of nitrogens with one attached hydrogen (secondary N) is 3. The number of pyridine rings is 3. The standard InChI is InChI=1S/C28H24N8O/c1-16(2)9-25(37)32-19-10-18(13-30-14-19)23-11-21-24(15-31-23)35-36-27(21)28-33-22-7-3-6-20(26(22)34-28)17-5-4-8-29-12-17/h3-8,10-16H,9H2,1-2H3,(H,32,37)(H,33,34)(H,35,36). The SMILES string of the molecule is CC(C)CC(=O)Nc1cncc(-c2cc3c(-c4nc5c(-c6cccnc6)cccc5[nH]4)n[nH]c3cn2)c1. The summed E-state index contributed by atoms with van der Waals surface area (Å²) in [4.78, 5) is 33.7. The smallest absolute Gasteiger partial charge is 0.224 e. The van der Waals surface area contributed by atoms with Crippen molar-refractivity contribution in [2.75, 3.05) is 5.32 Å². The fourth-order valence-corrected chi connectivity index (χ4v) is 4.39. The van der Waals surface area contributed by atoms with Crippen LogP contribution in [0.25, 0.3) is 55.8 Å². The molecule has 0 atom stereocenters. The van der Waals surface area contributed by atoms with Crippen molar-refractivity contribution in [3.05, 3.63) is 73.4 Å². The van der Waals surface area contributed by atoms with Crippen LogP contribution >= 0.6 is 0 Å². The highest BCUT2D eigenvalue weighted by Gasteiger charge is 2.16. The van der Waals surface area contributed by atoms with E-state index < -0.39 is 0 Å². The molecule has 9 nitrogen and oxygen atoms in total. The van der Waals surface area contributed by atoms with E-state index in [-0.39, 0.29) is 11.8 Å². The van der Waals surface area contributed by atoms with Gasteiger partial charge in [-0.3, -0.25) is 24.8 Å². The molecule has 6 aromatic rings. The number of rotatable bonds is 6. The van der Waals surface area contributed by atoms with Crippen molar-refractivity contribution in [3.63, 3.8) is 0 Å². The molecular weight excluding hydrogens is 464 g/mol. The molecule has 0 saturated carbocycles. The van der Waals surface area contributed by atoms with Gasteiger partial charge >= 0.3 is 0 Å². The molecule has 0 aliphatic carbocycles. The molecule has 0 aliphatic heterocycles. The topological polar surface area (TPSA) is 125 Å². The first kappa shape index (κ1) is 22.5. The molecule has 0 bridgehead atoms. The van der Waals surface area contributed by atoms with Crippen LogP contribution in [0.1, 0.15) is 20.3 Å². The number of aromatic amines is 2. The van der Waals surface area contributed by atoms with E-state index in [1.807, 2.05) is 62.5 Å². The number of imidazole rings is 1. The summed E-state index contributed by atoms with van der Waals surface area (Å²) in [6, 6.07) is 13.8. The van der Waals surface area contributed by atoms with E-state index in [1.165, 1.54) is 0 Å². The van der Waals surface area contributed by atoms with Crippen LogP contribution in [0.15, 0.2) is 73.4 Å². The van der Waals surface area contributed by atoms with Crippen molar-refractivity contribution >= 4 is 33.5 Å². The molecule has 0 saturated heterocycles. The van der Waals surface area contributed by atoms with Crippen LogP contribution in [0.3, 0.4) is 0 Å². The van der Waals surface area contributed by atoms with Gasteiger partial charge in [-0.15, -0.1) is 0 Å². The van der Waals surface area contributed by atoms with E-state index in [1.54, 1.807) is 24.8 Å². The Kier molecular flexibility index (Phi) is 5.65. The number of aromatic nitrogens is 7. The first-order valence-corrected chi connectivity index (χ1v) is 12.0. The van der Waals surface area contributed by atoms with Crippen LogP contribution in [0.4, 0.5) is 5.69 Å². The van der Waals surface area contributed by atoms with Gasteiger partial charge in [0.05, 0.1) is 40.3 Å². The third-order valence-electron chi connectivity index (χ3n) is 6.07. The quantitative estimate of drug-likeness (QED) is 0.280. The number of anilines is 1. The Morgan fingerprint density at radius 1 is 0.973 bits per heavy atom. The van der Waals surface area contributed by atoms with Crippen molar-refractivity contribution in [1.29, 1.82) is 0 Å². The van der Waals surface area contributed by atoms with Crippen LogP contribution < -0.4 is 5.32 Å². The van der Waals surface area contributed by atoms with Crippen molar-refractivity contribution in [2.24, 2.45) is 5.92 Å². The molecule has 5 heterocycles. The maximum absolute atomic E-state index is 12.2. The minimum absolute atomic E-state index is 0.0370. The second-order valence-corrected chi connectivity index (χ2v) is 9.32. The lowest BCUT2D eigenvalue weighted by Gasteiger charge is -2.08. The molecule has 5 aromatic heterocycles. The molecule has 1 aromatic carbocycles. The van der Waals surface area contributed by atoms with Crippen LogP contribution in [0.5, 0.6) is 0 Å². The number of para-hydroxylation sites is 1. The zero-order valence-corrected chi connectivity index (χ0v) is 20.4. The van der Waals surface area contributed by atoms with Gasteiger partial charge in [0.2, 0.25) is 5.91 Å². The second-order valence-electron chi connectivity index (χ2n) is 9.32. The van der Waals surface area contributed by atoms with Gasteiger partial charge in [-0.1, -0.05) is 32.0 Å². The number of carbonyl (C=O) groups is 1. The third kappa shape index (κ3) is 4.42. The molecule has 1 amide bonds. The Balaban J connectivity index is 1.38. The Morgan fingerprint density at radius 3 is 2.70 bits per heavy atom. The number of fused-ring (bicyclic) bond motifs is 2. The van der Waals surface area contributed by atoms with Crippen molar-refractivity contribution in [2.45, 2.75) is 20.3 Å². The lowest BCUT2D eigenvalue weighted by molar-refractivity contribution is -0.116. The van der Waals surface area contributed by atoms with Gasteiger partial charge in [-0.2, -0.15) is 5.10 Å². The molecule has 9 heteroatoms. The van der Waals surface area contributed by atoms with Crippen molar-refractivity contribution in [3.8, 4) is 33.9 Å². The number of nitrogens with zero attached hydrogens (tertiary/aromatic N) is 5. The summed E-state index contributed by atoms with van der Waals surface area (Å²) in [6.07, 6.45) is 9.15. The molecule has 6 rings (SSSR count). The minimum atomic E-state index is -0.0370. The highest BCUT2D eigenvalue weighted by molar-refractivity contribution is 5.98. The van der Waals surface area contributed by atoms with Crippen molar-refractivity contribution in [1.82, 2.24) is 35.1 Å². The zero-order valence-electron chi connectivity index (χ0n) is 20.4. The number of hydrogen-bond acceptors (Lipinski definition) is 6. The van der Waals surface area contributed by atoms with E-state index in [0.717, 1.165) is 44.3 Å². The number of benzene rings is 1. The molecule has 0 unspecified atom stereocenters. The van der Waals surface area contributed by atoms with Crippen LogP contribution in [-0.4, -0.2) is 41.0 Å². The zero-order chi connectivity index (χ0) is 25.4. The molecule has 0 radical (unpaired) electrons. The lowest BCUT2D eigenvalue weighted by Crippen LogP contribution is -2.13. The fourth-order valence-electron chi connectivity index (χ4n) is 4.39. The summed E-state index contributed by atoms with van der Waals surface area (Å²) in [5.41, 5.74) is 7.39. The molecule has 37 heavy (non-hydrogen) atoms. The second kappa shape index (κ2) is 9.27. The Bertz CT molecular complexity index is 1740. The molecular formula is C28H24N8O. The lowest BCUT2D eigenvalue weighted by atomic mass is 10.1. The van der Waals surface area contributed by atoms with Crippen LogP contribution in [0, 0.1) is 5.92 Å². The van der Waals surface area contributed by atoms with Gasteiger partial charge in [0.1, 0.15) is 5.69 Å². The average molecular weight is 489 g/mol. The Labute approximate surface area is 212 Å². The van der Waals surface area contributed by atoms with E-state index in [2.05, 4.69) is 35.5 Å². The van der Waals surface area contributed by atoms with Crippen LogP contribution in [0.2, 0.25) is 0 Å². The maximum atomic E-state index is 12.2. The molecule has 0 spiro atoms. The summed E-state index contributed by atoms with van der Waals surface area (Å²) < 4.78 is 0. The first-order chi connectivity index (χ1) is 18.0. The summed E-state index contributed by atoms with van der Waals surface area (Å²) in [6.45, 7) is 4.02. The minimum Gasteiger partial charge on any atom is -0.337 e. The largest absolute Gasteiger partial charge is 0.337 e. The summed E-state index contributed by atoms with van der Waals surface area (Å²) >= 11 is 0. The Hall–Kier alpha value is -4.92. The van der Waals surface area contributed by atoms with E-state index in [9.17, 15) is 4.79 Å². The monoisotopic (exact) mass is 488 g/mol. The van der Waals surface area contributed by atoms with Gasteiger partial charge < -0.3 is 10.3 Å². The van der Waals surface area contributed by atoms with Gasteiger partial charge in [0.25, 0.3) is 0 Å². The highest BCUT2D eigenvalue weighted by Crippen LogP contribution is 2.32. The normalized spacial score (nSPS) is 11.4. The molecule has 0 aliphatic rings. The summed E-state index contributed by atoms with van der Waals surface area (Å²) in [5, 5.41) is 11.4. The molecule has 182 valence electrons. The van der Waals surface area contributed by atoms with E-state index in [0.29, 0.717) is 23.6 Å². The Morgan fingerprint density at radius 2 is 1.86 bits per heavy atom. The van der Waals surface area contributed by atoms with Gasteiger partial charge in [-0.25, -0.2) is 4.98 Å². The highest BCUT2D eigenvalue weighted by atomic mass is 16.1. The first-order valence-electron chi connectivity index (χ1n) is 12.0. The predicted octanol–water partition coefficient (Wildman–Crippen LogP) is 5.61.